The Balaban J connectivity index is 0.00000133. The zero-order chi connectivity index (χ0) is 12.6. The zero-order valence-electron chi connectivity index (χ0n) is 12.1. The first kappa shape index (κ1) is 17.6. The molecule has 1 N–H and O–H groups in total. The van der Waals surface area contributed by atoms with E-state index in [1.54, 1.807) is 0 Å². The summed E-state index contributed by atoms with van der Waals surface area (Å²) in [5.41, 5.74) is 0.670. The lowest BCUT2D eigenvalue weighted by atomic mass is 9.79. The minimum atomic E-state index is -0.183. The number of rotatable bonds is 1. The molecule has 0 aliphatic carbocycles. The van der Waals surface area contributed by atoms with Gasteiger partial charge < -0.3 is 22.6 Å². The number of halogens is 3. The van der Waals surface area contributed by atoms with Gasteiger partial charge in [0.25, 0.3) is 0 Å². The maximum absolute atomic E-state index is 12.7. The number of nitrogens with one attached hydrogen (secondary N) is 1. The van der Waals surface area contributed by atoms with Crippen LogP contribution in [-0.4, -0.2) is 25.5 Å². The van der Waals surface area contributed by atoms with Crippen molar-refractivity contribution in [2.75, 3.05) is 24.5 Å². The summed E-state index contributed by atoms with van der Waals surface area (Å²) in [6.07, 6.45) is 3.02. The molecule has 1 aromatic rings. The van der Waals surface area contributed by atoms with Crippen molar-refractivity contribution in [1.82, 2.24) is 5.32 Å². The molecule has 1 atom stereocenters. The van der Waals surface area contributed by atoms with Crippen LogP contribution in [-0.2, 0) is 4.79 Å². The van der Waals surface area contributed by atoms with Gasteiger partial charge in [-0.15, -0.1) is 12.4 Å². The van der Waals surface area contributed by atoms with Crippen LogP contribution in [0.1, 0.15) is 20.7 Å². The highest BCUT2D eigenvalue weighted by Gasteiger charge is 2.47. The average Bonchev–Trinajstić information content (AvgIpc) is 2.69. The molecule has 0 unspecified atom stereocenters. The molecule has 112 valence electrons. The maximum atomic E-state index is 12.7. The van der Waals surface area contributed by atoms with Crippen LogP contribution < -0.4 is 22.6 Å². The number of carbonyl (C=O) groups is 1. The summed E-state index contributed by atoms with van der Waals surface area (Å²) < 4.78 is 0. The standard InChI is InChI=1S/C14H17ClN2O.2ClH/c15-11-4-1-2-5-12(11)17-9-7-14(13(17)18)6-3-8-16-10-14;;/h1-2,4-5,16H,3,6-10H2;2*1H/t14-;;/m1../s1. The van der Waals surface area contributed by atoms with E-state index in [1.807, 2.05) is 29.2 Å². The third-order valence-electron chi connectivity index (χ3n) is 4.13. The van der Waals surface area contributed by atoms with Gasteiger partial charge in [0.15, 0.2) is 0 Å². The molecule has 0 aromatic heterocycles. The summed E-state index contributed by atoms with van der Waals surface area (Å²) in [7, 11) is 0. The summed E-state index contributed by atoms with van der Waals surface area (Å²) in [4.78, 5) is 14.5. The molecule has 0 bridgehead atoms. The summed E-state index contributed by atoms with van der Waals surface area (Å²) in [6, 6.07) is 7.59. The van der Waals surface area contributed by atoms with Crippen LogP contribution in [0.5, 0.6) is 0 Å². The number of para-hydroxylation sites is 1. The molecular formula is C14H19Cl3N2O. The molecule has 0 saturated carbocycles. The third kappa shape index (κ3) is 2.91. The first-order valence-corrected chi connectivity index (χ1v) is 6.88. The quantitative estimate of drug-likeness (QED) is 0.781. The first-order valence-electron chi connectivity index (χ1n) is 6.50. The Morgan fingerprint density at radius 3 is 2.70 bits per heavy atom. The molecule has 1 aromatic carbocycles. The fourth-order valence-corrected chi connectivity index (χ4v) is 3.32. The van der Waals surface area contributed by atoms with Crippen LogP contribution in [0.25, 0.3) is 0 Å². The maximum Gasteiger partial charge on any atom is 1.00 e. The van der Waals surface area contributed by atoms with Crippen LogP contribution >= 0.6 is 24.0 Å². The summed E-state index contributed by atoms with van der Waals surface area (Å²) >= 11 is 6.19. The SMILES string of the molecule is Cl.O=C1N(c2ccccc2Cl)CC[C@@]12CCCNC2.[Cl-].[H+]. The predicted octanol–water partition coefficient (Wildman–Crippen LogP) is -0.0152. The Labute approximate surface area is 138 Å². The number of carbonyl (C=O) groups excluding carboxylic acids is 1. The Morgan fingerprint density at radius 2 is 2.05 bits per heavy atom. The van der Waals surface area contributed by atoms with Crippen molar-refractivity contribution >= 4 is 35.6 Å². The van der Waals surface area contributed by atoms with Crippen LogP contribution in [0.3, 0.4) is 0 Å². The molecule has 1 spiro atoms. The van der Waals surface area contributed by atoms with E-state index >= 15 is 0 Å². The highest BCUT2D eigenvalue weighted by molar-refractivity contribution is 6.34. The number of anilines is 1. The summed E-state index contributed by atoms with van der Waals surface area (Å²) in [5, 5.41) is 4.01. The molecule has 2 aliphatic rings. The van der Waals surface area contributed by atoms with Gasteiger partial charge in [-0.25, -0.2) is 0 Å². The van der Waals surface area contributed by atoms with E-state index in [0.717, 1.165) is 44.6 Å². The first-order chi connectivity index (χ1) is 8.73. The van der Waals surface area contributed by atoms with E-state index in [1.165, 1.54) is 0 Å². The van der Waals surface area contributed by atoms with Crippen molar-refractivity contribution < 1.29 is 18.6 Å². The molecule has 2 aliphatic heterocycles. The van der Waals surface area contributed by atoms with Gasteiger partial charge in [0.1, 0.15) is 0 Å². The second-order valence-corrected chi connectivity index (χ2v) is 5.63. The second kappa shape index (κ2) is 6.99. The van der Waals surface area contributed by atoms with E-state index in [9.17, 15) is 4.79 Å². The number of nitrogens with zero attached hydrogens (tertiary/aromatic N) is 1. The van der Waals surface area contributed by atoms with E-state index in [0.29, 0.717) is 5.02 Å². The minimum absolute atomic E-state index is 0. The Kier molecular flexibility index (Phi) is 6.14. The Morgan fingerprint density at radius 1 is 1.30 bits per heavy atom. The molecule has 2 fully saturated rings. The van der Waals surface area contributed by atoms with Gasteiger partial charge in [-0.05, 0) is 37.9 Å². The Hall–Kier alpha value is -0.480. The van der Waals surface area contributed by atoms with Crippen molar-refractivity contribution in [3.63, 3.8) is 0 Å². The fraction of sp³-hybridized carbons (Fsp3) is 0.500. The highest BCUT2D eigenvalue weighted by atomic mass is 35.5. The van der Waals surface area contributed by atoms with E-state index < -0.39 is 0 Å². The molecule has 3 rings (SSSR count). The lowest BCUT2D eigenvalue weighted by molar-refractivity contribution is -0.126. The van der Waals surface area contributed by atoms with Crippen LogP contribution in [0.15, 0.2) is 24.3 Å². The van der Waals surface area contributed by atoms with Crippen molar-refractivity contribution in [3.05, 3.63) is 29.3 Å². The smallest absolute Gasteiger partial charge is 1.00 e. The van der Waals surface area contributed by atoms with E-state index in [2.05, 4.69) is 5.32 Å². The Bertz CT molecular complexity index is 481. The molecule has 3 nitrogen and oxygen atoms in total. The van der Waals surface area contributed by atoms with Crippen LogP contribution in [0.4, 0.5) is 5.69 Å². The van der Waals surface area contributed by atoms with Gasteiger partial charge in [-0.1, -0.05) is 23.7 Å². The molecule has 6 heteroatoms. The fourth-order valence-electron chi connectivity index (χ4n) is 3.08. The number of benzene rings is 1. The monoisotopic (exact) mass is 336 g/mol. The normalized spacial score (nSPS) is 25.2. The van der Waals surface area contributed by atoms with Gasteiger partial charge >= 0.3 is 1.43 Å². The predicted molar refractivity (Wildman–Crippen MR) is 81.3 cm³/mol. The molecule has 1 amide bonds. The number of hydrogen-bond acceptors (Lipinski definition) is 2. The highest BCUT2D eigenvalue weighted by Crippen LogP contribution is 2.41. The second-order valence-electron chi connectivity index (χ2n) is 5.22. The van der Waals surface area contributed by atoms with Crippen molar-refractivity contribution in [2.45, 2.75) is 19.3 Å². The molecule has 0 radical (unpaired) electrons. The zero-order valence-corrected chi connectivity index (χ0v) is 13.4. The van der Waals surface area contributed by atoms with Crippen molar-refractivity contribution in [2.24, 2.45) is 5.41 Å². The van der Waals surface area contributed by atoms with Gasteiger partial charge in [0, 0.05) is 13.1 Å². The van der Waals surface area contributed by atoms with Crippen molar-refractivity contribution in [1.29, 1.82) is 0 Å². The molecule has 20 heavy (non-hydrogen) atoms. The number of hydrogen-bond donors (Lipinski definition) is 1. The van der Waals surface area contributed by atoms with Crippen molar-refractivity contribution in [3.8, 4) is 0 Å². The van der Waals surface area contributed by atoms with E-state index in [-0.39, 0.29) is 37.6 Å². The van der Waals surface area contributed by atoms with Gasteiger partial charge in [0.2, 0.25) is 5.91 Å². The number of piperidine rings is 1. The molecule has 2 heterocycles. The van der Waals surface area contributed by atoms with Gasteiger partial charge in [-0.3, -0.25) is 4.79 Å². The lowest BCUT2D eigenvalue weighted by Crippen LogP contribution is -3.00. The topological polar surface area (TPSA) is 32.3 Å². The van der Waals surface area contributed by atoms with Gasteiger partial charge in [0.05, 0.1) is 16.1 Å². The van der Waals surface area contributed by atoms with E-state index in [4.69, 9.17) is 11.6 Å². The number of amides is 1. The van der Waals surface area contributed by atoms with Crippen LogP contribution in [0, 0.1) is 5.41 Å². The summed E-state index contributed by atoms with van der Waals surface area (Å²) in [6.45, 7) is 2.62. The molecular weight excluding hydrogens is 319 g/mol. The largest absolute Gasteiger partial charge is 1.00 e. The van der Waals surface area contributed by atoms with Gasteiger partial charge in [-0.2, -0.15) is 0 Å². The summed E-state index contributed by atoms with van der Waals surface area (Å²) in [5.74, 6) is 0.239. The average molecular weight is 338 g/mol. The minimum Gasteiger partial charge on any atom is -1.00 e. The third-order valence-corrected chi connectivity index (χ3v) is 4.45. The van der Waals surface area contributed by atoms with Crippen LogP contribution in [0.2, 0.25) is 5.02 Å². The molecule has 2 saturated heterocycles. The lowest BCUT2D eigenvalue weighted by Gasteiger charge is -2.32.